The van der Waals surface area contributed by atoms with Crippen molar-refractivity contribution in [2.24, 2.45) is 0 Å². The van der Waals surface area contributed by atoms with Gasteiger partial charge in [0.1, 0.15) is 16.5 Å². The molecule has 0 spiro atoms. The summed E-state index contributed by atoms with van der Waals surface area (Å²) in [5.74, 6) is 0. The van der Waals surface area contributed by atoms with Crippen molar-refractivity contribution in [2.45, 2.75) is 58.8 Å². The second-order valence-electron chi connectivity index (χ2n) is 6.88. The van der Waals surface area contributed by atoms with E-state index in [1.807, 2.05) is 0 Å². The van der Waals surface area contributed by atoms with Crippen LogP contribution >= 0.6 is 0 Å². The second-order valence-corrected chi connectivity index (χ2v) is 20.1. The standard InChI is InChI=1S/C10H28N2Si3/c1-10-9-11(14(3,4)5)13(2)12(10)15(6,7)8/h10,13H,9H2,1-8H3. The average Bonchev–Trinajstić information content (AvgIpc) is 2.22. The van der Waals surface area contributed by atoms with E-state index in [9.17, 15) is 0 Å². The average molecular weight is 261 g/mol. The third kappa shape index (κ3) is 2.82. The molecule has 5 heteroatoms. The Morgan fingerprint density at radius 2 is 1.47 bits per heavy atom. The Labute approximate surface area is 99.6 Å². The predicted octanol–water partition coefficient (Wildman–Crippen LogP) is 2.51. The minimum absolute atomic E-state index is 0.797. The Balaban J connectivity index is 2.89. The molecule has 2 nitrogen and oxygen atoms in total. The van der Waals surface area contributed by atoms with E-state index in [1.165, 1.54) is 6.54 Å². The molecule has 0 aromatic rings. The lowest BCUT2D eigenvalue weighted by Crippen LogP contribution is -2.59. The zero-order valence-corrected chi connectivity index (χ0v) is 14.9. The monoisotopic (exact) mass is 260 g/mol. The third-order valence-electron chi connectivity index (χ3n) is 3.43. The molecule has 2 atom stereocenters. The van der Waals surface area contributed by atoms with E-state index >= 15 is 0 Å². The van der Waals surface area contributed by atoms with E-state index in [-0.39, 0.29) is 0 Å². The zero-order chi connectivity index (χ0) is 12.0. The van der Waals surface area contributed by atoms with Crippen molar-refractivity contribution in [1.29, 1.82) is 0 Å². The van der Waals surface area contributed by atoms with E-state index in [4.69, 9.17) is 0 Å². The topological polar surface area (TPSA) is 6.48 Å². The van der Waals surface area contributed by atoms with Crippen molar-refractivity contribution >= 4 is 25.6 Å². The molecule has 0 N–H and O–H groups in total. The van der Waals surface area contributed by atoms with Crippen molar-refractivity contribution in [2.75, 3.05) is 6.54 Å². The van der Waals surface area contributed by atoms with Crippen LogP contribution in [0.3, 0.4) is 0 Å². The van der Waals surface area contributed by atoms with Crippen LogP contribution in [0.15, 0.2) is 0 Å². The highest BCUT2D eigenvalue weighted by molar-refractivity contribution is 6.88. The molecule has 0 amide bonds. The van der Waals surface area contributed by atoms with Crippen LogP contribution in [-0.4, -0.2) is 46.6 Å². The lowest BCUT2D eigenvalue weighted by Gasteiger charge is -2.40. The first-order valence-electron chi connectivity index (χ1n) is 6.10. The van der Waals surface area contributed by atoms with Crippen molar-refractivity contribution in [3.05, 3.63) is 0 Å². The van der Waals surface area contributed by atoms with Gasteiger partial charge in [0.15, 0.2) is 9.12 Å². The number of nitrogens with zero attached hydrogens (tertiary/aromatic N) is 2. The van der Waals surface area contributed by atoms with Gasteiger partial charge in [-0.05, 0) is 13.5 Å². The van der Waals surface area contributed by atoms with E-state index in [2.05, 4.69) is 61.2 Å². The highest BCUT2D eigenvalue weighted by atomic mass is 28.4. The van der Waals surface area contributed by atoms with Crippen molar-refractivity contribution in [3.63, 3.8) is 0 Å². The van der Waals surface area contributed by atoms with Crippen LogP contribution in [0.5, 0.6) is 0 Å². The molecule has 90 valence electrons. The summed E-state index contributed by atoms with van der Waals surface area (Å²) < 4.78 is 5.85. The van der Waals surface area contributed by atoms with Gasteiger partial charge in [-0.25, -0.2) is 0 Å². The fourth-order valence-electron chi connectivity index (χ4n) is 3.10. The molecule has 0 aliphatic carbocycles. The summed E-state index contributed by atoms with van der Waals surface area (Å²) in [6.45, 7) is 21.3. The number of hydrogen-bond donors (Lipinski definition) is 0. The maximum atomic E-state index is 2.94. The van der Waals surface area contributed by atoms with E-state index in [1.54, 1.807) is 0 Å². The molecular formula is C10H28N2Si3. The van der Waals surface area contributed by atoms with Crippen LogP contribution in [0.2, 0.25) is 45.8 Å². The predicted molar refractivity (Wildman–Crippen MR) is 77.7 cm³/mol. The Hall–Kier alpha value is 0.571. The lowest BCUT2D eigenvalue weighted by atomic mass is 10.4. The maximum Gasteiger partial charge on any atom is 0.173 e. The fourth-order valence-corrected chi connectivity index (χ4v) is 17.2. The van der Waals surface area contributed by atoms with Gasteiger partial charge in [0.25, 0.3) is 0 Å². The van der Waals surface area contributed by atoms with Gasteiger partial charge in [0.2, 0.25) is 0 Å². The first kappa shape index (κ1) is 13.6. The van der Waals surface area contributed by atoms with Crippen LogP contribution in [-0.2, 0) is 0 Å². The first-order chi connectivity index (χ1) is 6.55. The van der Waals surface area contributed by atoms with E-state index in [0.717, 1.165) is 6.04 Å². The van der Waals surface area contributed by atoms with Crippen LogP contribution in [0, 0.1) is 0 Å². The molecule has 1 heterocycles. The van der Waals surface area contributed by atoms with Crippen LogP contribution in [0.25, 0.3) is 0 Å². The quantitative estimate of drug-likeness (QED) is 0.704. The molecule has 0 aromatic heterocycles. The molecule has 1 aliphatic rings. The zero-order valence-electron chi connectivity index (χ0n) is 11.8. The summed E-state index contributed by atoms with van der Waals surface area (Å²) in [5, 5.41) is 0. The fraction of sp³-hybridized carbons (Fsp3) is 1.00. The maximum absolute atomic E-state index is 2.94. The molecule has 0 saturated carbocycles. The number of hydrogen-bond acceptors (Lipinski definition) is 2. The summed E-state index contributed by atoms with van der Waals surface area (Å²) >= 11 is 0. The molecule has 2 unspecified atom stereocenters. The molecule has 0 radical (unpaired) electrons. The summed E-state index contributed by atoms with van der Waals surface area (Å²) in [6.07, 6.45) is 0. The van der Waals surface area contributed by atoms with Crippen LogP contribution < -0.4 is 0 Å². The van der Waals surface area contributed by atoms with Gasteiger partial charge in [-0.3, -0.25) is 0 Å². The van der Waals surface area contributed by atoms with Gasteiger partial charge in [0.05, 0.1) is 0 Å². The van der Waals surface area contributed by atoms with Gasteiger partial charge < -0.3 is 8.46 Å². The Morgan fingerprint density at radius 3 is 1.67 bits per heavy atom. The molecular weight excluding hydrogens is 232 g/mol. The first-order valence-corrected chi connectivity index (χ1v) is 15.2. The largest absolute Gasteiger partial charge is 0.335 e. The van der Waals surface area contributed by atoms with Crippen LogP contribution in [0.4, 0.5) is 0 Å². The molecule has 15 heavy (non-hydrogen) atoms. The summed E-state index contributed by atoms with van der Waals surface area (Å²) in [4.78, 5) is 0. The summed E-state index contributed by atoms with van der Waals surface area (Å²) in [5.41, 5.74) is 0. The molecule has 1 aliphatic heterocycles. The lowest BCUT2D eigenvalue weighted by molar-refractivity contribution is 0.511. The minimum atomic E-state index is -1.10. The van der Waals surface area contributed by atoms with E-state index in [0.29, 0.717) is 0 Å². The molecule has 0 aromatic carbocycles. The van der Waals surface area contributed by atoms with Gasteiger partial charge in [0, 0.05) is 12.6 Å². The molecule has 1 rings (SSSR count). The van der Waals surface area contributed by atoms with Crippen molar-refractivity contribution in [3.8, 4) is 0 Å². The van der Waals surface area contributed by atoms with Crippen molar-refractivity contribution in [1.82, 2.24) is 8.46 Å². The van der Waals surface area contributed by atoms with Gasteiger partial charge in [-0.15, -0.1) is 0 Å². The SMILES string of the molecule is CC1CN([Si](C)(C)C)[SiH](C)N1[Si](C)(C)C. The summed E-state index contributed by atoms with van der Waals surface area (Å²) in [6, 6.07) is 0.810. The second kappa shape index (κ2) is 4.10. The Kier molecular flexibility index (Phi) is 3.73. The van der Waals surface area contributed by atoms with Crippen molar-refractivity contribution < 1.29 is 0 Å². The normalized spacial score (nSPS) is 31.2. The highest BCUT2D eigenvalue weighted by Crippen LogP contribution is 2.28. The van der Waals surface area contributed by atoms with Gasteiger partial charge >= 0.3 is 0 Å². The van der Waals surface area contributed by atoms with Gasteiger partial charge in [-0.2, -0.15) is 0 Å². The highest BCUT2D eigenvalue weighted by Gasteiger charge is 2.45. The van der Waals surface area contributed by atoms with Gasteiger partial charge in [-0.1, -0.05) is 39.3 Å². The molecule has 1 saturated heterocycles. The molecule has 0 bridgehead atoms. The van der Waals surface area contributed by atoms with E-state index < -0.39 is 25.6 Å². The minimum Gasteiger partial charge on any atom is -0.335 e. The third-order valence-corrected chi connectivity index (χ3v) is 16.6. The Bertz CT molecular complexity index is 232. The van der Waals surface area contributed by atoms with Crippen LogP contribution in [0.1, 0.15) is 6.92 Å². The molecule has 1 fully saturated rings. The number of rotatable bonds is 2. The summed E-state index contributed by atoms with van der Waals surface area (Å²) in [7, 11) is -2.97. The smallest absolute Gasteiger partial charge is 0.173 e. The Morgan fingerprint density at radius 1 is 1.00 bits per heavy atom.